The largest absolute Gasteiger partial charge is 0.338 e. The summed E-state index contributed by atoms with van der Waals surface area (Å²) >= 11 is 0. The molecule has 0 saturated carbocycles. The Morgan fingerprint density at radius 2 is 1.67 bits per heavy atom. The first-order valence-electron chi connectivity index (χ1n) is 6.01. The van der Waals surface area contributed by atoms with Gasteiger partial charge in [0.2, 0.25) is 0 Å². The Morgan fingerprint density at radius 3 is 2.17 bits per heavy atom. The van der Waals surface area contributed by atoms with Crippen LogP contribution in [0.3, 0.4) is 0 Å². The Morgan fingerprint density at radius 1 is 1.11 bits per heavy atom. The molecule has 0 saturated heterocycles. The minimum absolute atomic E-state index is 0. The molecular formula is C16H24NY-. The molecule has 2 rings (SSSR count). The molecule has 1 nitrogen and oxygen atoms in total. The maximum absolute atomic E-state index is 4.43. The van der Waals surface area contributed by atoms with Crippen LogP contribution in [0, 0.1) is 6.92 Å². The molecule has 1 aromatic carbocycles. The monoisotopic (exact) mass is 319 g/mol. The maximum Gasteiger partial charge on any atom is 0.0308 e. The number of pyridine rings is 1. The van der Waals surface area contributed by atoms with E-state index >= 15 is 0 Å². The topological polar surface area (TPSA) is 12.9 Å². The quantitative estimate of drug-likeness (QED) is 0.722. The Balaban J connectivity index is 0. The van der Waals surface area contributed by atoms with Gasteiger partial charge in [0.05, 0.1) is 0 Å². The first kappa shape index (κ1) is 20.1. The molecule has 2 aromatic rings. The summed E-state index contributed by atoms with van der Waals surface area (Å²) in [5, 5.41) is 2.57. The van der Waals surface area contributed by atoms with E-state index in [1.54, 1.807) is 0 Å². The van der Waals surface area contributed by atoms with E-state index in [-0.39, 0.29) is 40.1 Å². The molecule has 0 aliphatic heterocycles. The van der Waals surface area contributed by atoms with Gasteiger partial charge in [0.25, 0.3) is 0 Å². The normalized spacial score (nSPS) is 8.67. The third-order valence-corrected chi connectivity index (χ3v) is 2.58. The number of hydrogen-bond acceptors (Lipinski definition) is 1. The minimum atomic E-state index is 0. The fraction of sp³-hybridized carbons (Fsp3) is 0.375. The molecule has 0 N–H and O–H groups in total. The van der Waals surface area contributed by atoms with E-state index in [2.05, 4.69) is 43.1 Å². The summed E-state index contributed by atoms with van der Waals surface area (Å²) in [6, 6.07) is 8.42. The van der Waals surface area contributed by atoms with E-state index in [4.69, 9.17) is 0 Å². The zero-order valence-electron chi connectivity index (χ0n) is 11.0. The van der Waals surface area contributed by atoms with Crippen molar-refractivity contribution in [1.29, 1.82) is 0 Å². The summed E-state index contributed by atoms with van der Waals surface area (Å²) in [6.45, 7) is 10.1. The molecule has 1 heterocycles. The van der Waals surface area contributed by atoms with E-state index in [0.717, 1.165) is 18.5 Å². The smallest absolute Gasteiger partial charge is 0.0308 e. The standard InChI is InChI=1S/C13H14N.C2H6.CH4.Y/c1-3-10-9-14-13(4-2)12-8-6-5-7-11(10)12;1-2;;/h5-9H,2-4H2,1H3;1-2H3;1H4;/q-1;;;. The number of aryl methyl sites for hydroxylation is 1. The summed E-state index contributed by atoms with van der Waals surface area (Å²) in [5.74, 6) is 0. The first-order valence-corrected chi connectivity index (χ1v) is 6.01. The van der Waals surface area contributed by atoms with E-state index < -0.39 is 0 Å². The van der Waals surface area contributed by atoms with Crippen LogP contribution < -0.4 is 0 Å². The van der Waals surface area contributed by atoms with Gasteiger partial charge >= 0.3 is 0 Å². The SMILES string of the molecule is C.CC.[CH2-]Cc1ncc(CC)c2ccccc12.[Y]. The molecule has 0 atom stereocenters. The van der Waals surface area contributed by atoms with Crippen LogP contribution in [0.4, 0.5) is 0 Å². The van der Waals surface area contributed by atoms with Crippen molar-refractivity contribution in [3.8, 4) is 0 Å². The van der Waals surface area contributed by atoms with Crippen molar-refractivity contribution in [2.24, 2.45) is 0 Å². The van der Waals surface area contributed by atoms with Crippen LogP contribution in [0.1, 0.15) is 39.5 Å². The molecule has 1 radical (unpaired) electrons. The summed E-state index contributed by atoms with van der Waals surface area (Å²) in [4.78, 5) is 4.43. The molecule has 18 heavy (non-hydrogen) atoms. The molecule has 0 spiro atoms. The van der Waals surface area contributed by atoms with Crippen molar-refractivity contribution >= 4 is 10.8 Å². The van der Waals surface area contributed by atoms with Gasteiger partial charge in [0.1, 0.15) is 0 Å². The van der Waals surface area contributed by atoms with E-state index in [1.165, 1.54) is 16.3 Å². The van der Waals surface area contributed by atoms with Crippen LogP contribution in [-0.4, -0.2) is 4.98 Å². The van der Waals surface area contributed by atoms with E-state index in [1.807, 2.05) is 20.0 Å². The zero-order chi connectivity index (χ0) is 12.0. The van der Waals surface area contributed by atoms with Gasteiger partial charge < -0.3 is 6.92 Å². The maximum atomic E-state index is 4.43. The van der Waals surface area contributed by atoms with Crippen molar-refractivity contribution in [3.05, 3.63) is 48.6 Å². The molecule has 1 aromatic heterocycles. The predicted octanol–water partition coefficient (Wildman–Crippen LogP) is 4.83. The Bertz CT molecular complexity index is 409. The van der Waals surface area contributed by atoms with Crippen molar-refractivity contribution < 1.29 is 32.7 Å². The van der Waals surface area contributed by atoms with Crippen LogP contribution in [0.25, 0.3) is 10.8 Å². The first-order chi connectivity index (χ1) is 7.86. The van der Waals surface area contributed by atoms with Gasteiger partial charge in [0, 0.05) is 50.0 Å². The number of fused-ring (bicyclic) bond motifs is 1. The van der Waals surface area contributed by atoms with Gasteiger partial charge in [-0.15, -0.1) is 6.42 Å². The number of nitrogens with zero attached hydrogens (tertiary/aromatic N) is 1. The number of benzene rings is 1. The summed E-state index contributed by atoms with van der Waals surface area (Å²) in [6.07, 6.45) is 3.76. The average molecular weight is 319 g/mol. The zero-order valence-corrected chi connectivity index (χ0v) is 13.9. The van der Waals surface area contributed by atoms with E-state index in [9.17, 15) is 0 Å². The second-order valence-electron chi connectivity index (χ2n) is 3.38. The molecule has 97 valence electrons. The Hall–Kier alpha value is -0.266. The van der Waals surface area contributed by atoms with Crippen molar-refractivity contribution in [3.63, 3.8) is 0 Å². The van der Waals surface area contributed by atoms with E-state index in [0.29, 0.717) is 0 Å². The Labute approximate surface area is 137 Å². The number of hydrogen-bond donors (Lipinski definition) is 0. The van der Waals surface area contributed by atoms with Crippen LogP contribution >= 0.6 is 0 Å². The molecule has 2 heteroatoms. The molecular weight excluding hydrogens is 295 g/mol. The van der Waals surface area contributed by atoms with Crippen LogP contribution in [0.2, 0.25) is 0 Å². The number of rotatable bonds is 2. The van der Waals surface area contributed by atoms with Gasteiger partial charge in [-0.2, -0.15) is 0 Å². The molecule has 0 unspecified atom stereocenters. The summed E-state index contributed by atoms with van der Waals surface area (Å²) in [5.41, 5.74) is 2.41. The van der Waals surface area contributed by atoms with Gasteiger partial charge in [-0.3, -0.25) is 4.98 Å². The summed E-state index contributed by atoms with van der Waals surface area (Å²) in [7, 11) is 0. The second kappa shape index (κ2) is 10.6. The Kier molecular flexibility index (Phi) is 11.9. The predicted molar refractivity (Wildman–Crippen MR) is 78.3 cm³/mol. The minimum Gasteiger partial charge on any atom is -0.338 e. The average Bonchev–Trinajstić information content (AvgIpc) is 2.39. The van der Waals surface area contributed by atoms with Gasteiger partial charge in [-0.25, -0.2) is 0 Å². The molecule has 0 bridgehead atoms. The molecule has 0 amide bonds. The number of aromatic nitrogens is 1. The molecule has 0 aliphatic rings. The fourth-order valence-corrected chi connectivity index (χ4v) is 1.79. The second-order valence-corrected chi connectivity index (χ2v) is 3.38. The summed E-state index contributed by atoms with van der Waals surface area (Å²) < 4.78 is 0. The van der Waals surface area contributed by atoms with Gasteiger partial charge in [-0.1, -0.05) is 52.5 Å². The fourth-order valence-electron chi connectivity index (χ4n) is 1.79. The van der Waals surface area contributed by atoms with Crippen LogP contribution in [0.15, 0.2) is 30.5 Å². The van der Waals surface area contributed by atoms with Gasteiger partial charge in [-0.05, 0) is 17.4 Å². The van der Waals surface area contributed by atoms with Crippen LogP contribution in [-0.2, 0) is 45.6 Å². The molecule has 0 fully saturated rings. The van der Waals surface area contributed by atoms with Crippen molar-refractivity contribution in [2.45, 2.75) is 41.0 Å². The third-order valence-electron chi connectivity index (χ3n) is 2.58. The van der Waals surface area contributed by atoms with Gasteiger partial charge in [0.15, 0.2) is 0 Å². The third kappa shape index (κ3) is 4.44. The van der Waals surface area contributed by atoms with Crippen molar-refractivity contribution in [1.82, 2.24) is 4.98 Å². The van der Waals surface area contributed by atoms with Crippen molar-refractivity contribution in [2.75, 3.05) is 0 Å². The molecule has 0 aliphatic carbocycles. The van der Waals surface area contributed by atoms with Crippen LogP contribution in [0.5, 0.6) is 0 Å².